The average Bonchev–Trinajstić information content (AvgIpc) is 2.72. The lowest BCUT2D eigenvalue weighted by molar-refractivity contribution is -0.140. The Bertz CT molecular complexity index is 429. The van der Waals surface area contributed by atoms with E-state index in [1.165, 1.54) is 0 Å². The van der Waals surface area contributed by atoms with Crippen LogP contribution in [0.5, 0.6) is 0 Å². The van der Waals surface area contributed by atoms with Crippen LogP contribution in [0.2, 0.25) is 0 Å². The van der Waals surface area contributed by atoms with Crippen molar-refractivity contribution in [2.45, 2.75) is 25.9 Å². The lowest BCUT2D eigenvalue weighted by Gasteiger charge is -2.15. The molecule has 1 aromatic heterocycles. The van der Waals surface area contributed by atoms with Crippen LogP contribution in [0, 0.1) is 6.92 Å². The lowest BCUT2D eigenvalue weighted by atomic mass is 10.2. The van der Waals surface area contributed by atoms with Crippen molar-refractivity contribution >= 4 is 12.0 Å². The summed E-state index contributed by atoms with van der Waals surface area (Å²) in [6.07, 6.45) is 0. The Hall–Kier alpha value is -2.02. The van der Waals surface area contributed by atoms with Gasteiger partial charge >= 0.3 is 12.0 Å². The number of urea groups is 1. The first kappa shape index (κ1) is 14.0. The van der Waals surface area contributed by atoms with Crippen LogP contribution < -0.4 is 10.6 Å². The number of amides is 2. The summed E-state index contributed by atoms with van der Waals surface area (Å²) in [5, 5.41) is 22.1. The summed E-state index contributed by atoms with van der Waals surface area (Å²) < 4.78 is 5.32. The zero-order valence-electron chi connectivity index (χ0n) is 10.1. The molecule has 18 heavy (non-hydrogen) atoms. The van der Waals surface area contributed by atoms with E-state index in [9.17, 15) is 9.59 Å². The van der Waals surface area contributed by atoms with Crippen molar-refractivity contribution in [1.82, 2.24) is 10.6 Å². The Morgan fingerprint density at radius 3 is 2.50 bits per heavy atom. The van der Waals surface area contributed by atoms with Gasteiger partial charge in [-0.05, 0) is 26.0 Å². The first-order valence-electron chi connectivity index (χ1n) is 5.41. The summed E-state index contributed by atoms with van der Waals surface area (Å²) in [7, 11) is 0. The van der Waals surface area contributed by atoms with E-state index in [0.717, 1.165) is 5.76 Å². The smallest absolute Gasteiger partial charge is 0.328 e. The van der Waals surface area contributed by atoms with E-state index in [-0.39, 0.29) is 0 Å². The number of carbonyl (C=O) groups excluding carboxylic acids is 1. The van der Waals surface area contributed by atoms with Crippen molar-refractivity contribution in [1.29, 1.82) is 0 Å². The van der Waals surface area contributed by atoms with Crippen molar-refractivity contribution in [3.63, 3.8) is 0 Å². The largest absolute Gasteiger partial charge is 0.480 e. The van der Waals surface area contributed by atoms with Crippen LogP contribution in [0.25, 0.3) is 0 Å². The molecule has 0 radical (unpaired) electrons. The molecule has 0 aromatic carbocycles. The number of carbonyl (C=O) groups is 2. The molecule has 7 nitrogen and oxygen atoms in total. The third kappa shape index (κ3) is 3.77. The normalized spacial score (nSPS) is 13.7. The van der Waals surface area contributed by atoms with Crippen molar-refractivity contribution in [2.75, 3.05) is 6.61 Å². The van der Waals surface area contributed by atoms with Gasteiger partial charge in [-0.25, -0.2) is 9.59 Å². The molecule has 0 aliphatic carbocycles. The minimum atomic E-state index is -1.32. The molecule has 100 valence electrons. The number of carboxylic acid groups (broad SMARTS) is 1. The molecule has 2 atom stereocenters. The SMILES string of the molecule is Cc1ccc(C(C)NC(=O)NC(CO)C(=O)O)o1. The topological polar surface area (TPSA) is 112 Å². The Kier molecular flexibility index (Phi) is 4.73. The molecule has 0 bridgehead atoms. The molecule has 2 unspecified atom stereocenters. The lowest BCUT2D eigenvalue weighted by Crippen LogP contribution is -2.48. The molecule has 7 heteroatoms. The summed E-state index contributed by atoms with van der Waals surface area (Å²) in [6, 6.07) is 1.08. The molecule has 0 aliphatic heterocycles. The van der Waals surface area contributed by atoms with Crippen LogP contribution in [0.3, 0.4) is 0 Å². The quantitative estimate of drug-likeness (QED) is 0.609. The van der Waals surface area contributed by atoms with Crippen LogP contribution in [-0.2, 0) is 4.79 Å². The van der Waals surface area contributed by atoms with Gasteiger partial charge < -0.3 is 25.3 Å². The Morgan fingerprint density at radius 2 is 2.06 bits per heavy atom. The molecule has 4 N–H and O–H groups in total. The number of carboxylic acids is 1. The van der Waals surface area contributed by atoms with Gasteiger partial charge in [0.15, 0.2) is 6.04 Å². The molecule has 0 fully saturated rings. The predicted molar refractivity (Wildman–Crippen MR) is 62.0 cm³/mol. The Morgan fingerprint density at radius 1 is 1.39 bits per heavy atom. The van der Waals surface area contributed by atoms with E-state index in [1.54, 1.807) is 26.0 Å². The Balaban J connectivity index is 2.52. The highest BCUT2D eigenvalue weighted by molar-refractivity contribution is 5.82. The van der Waals surface area contributed by atoms with Crippen LogP contribution in [-0.4, -0.2) is 34.9 Å². The van der Waals surface area contributed by atoms with Gasteiger partial charge in [-0.1, -0.05) is 0 Å². The maximum absolute atomic E-state index is 11.5. The van der Waals surface area contributed by atoms with Crippen LogP contribution >= 0.6 is 0 Å². The number of hydrogen-bond acceptors (Lipinski definition) is 4. The van der Waals surface area contributed by atoms with Gasteiger partial charge in [-0.3, -0.25) is 0 Å². The molecule has 0 spiro atoms. The second kappa shape index (κ2) is 6.06. The van der Waals surface area contributed by atoms with Crippen molar-refractivity contribution in [3.8, 4) is 0 Å². The predicted octanol–water partition coefficient (Wildman–Crippen LogP) is 0.394. The first-order chi connectivity index (χ1) is 8.43. The van der Waals surface area contributed by atoms with E-state index in [0.29, 0.717) is 5.76 Å². The van der Waals surface area contributed by atoms with Crippen LogP contribution in [0.1, 0.15) is 24.5 Å². The summed E-state index contributed by atoms with van der Waals surface area (Å²) >= 11 is 0. The highest BCUT2D eigenvalue weighted by atomic mass is 16.4. The number of aliphatic carboxylic acids is 1. The molecular weight excluding hydrogens is 240 g/mol. The standard InChI is InChI=1S/C11H16N2O5/c1-6-3-4-9(18-6)7(2)12-11(17)13-8(5-14)10(15)16/h3-4,7-8,14H,5H2,1-2H3,(H,15,16)(H2,12,13,17). The molecule has 2 amide bonds. The zero-order valence-corrected chi connectivity index (χ0v) is 10.1. The van der Waals surface area contributed by atoms with Crippen molar-refractivity contribution < 1.29 is 24.2 Å². The van der Waals surface area contributed by atoms with Crippen molar-refractivity contribution in [2.24, 2.45) is 0 Å². The monoisotopic (exact) mass is 256 g/mol. The maximum Gasteiger partial charge on any atom is 0.328 e. The van der Waals surface area contributed by atoms with E-state index < -0.39 is 30.7 Å². The fraction of sp³-hybridized carbons (Fsp3) is 0.455. The number of furan rings is 1. The van der Waals surface area contributed by atoms with Crippen LogP contribution in [0.4, 0.5) is 4.79 Å². The van der Waals surface area contributed by atoms with Gasteiger partial charge in [0, 0.05) is 0 Å². The molecule has 0 saturated carbocycles. The number of aliphatic hydroxyl groups is 1. The van der Waals surface area contributed by atoms with E-state index in [4.69, 9.17) is 14.6 Å². The minimum absolute atomic E-state index is 0.396. The summed E-state index contributed by atoms with van der Waals surface area (Å²) in [4.78, 5) is 22.1. The number of rotatable bonds is 5. The summed E-state index contributed by atoms with van der Waals surface area (Å²) in [5.74, 6) is -0.00880. The van der Waals surface area contributed by atoms with Gasteiger partial charge in [0.05, 0.1) is 12.6 Å². The van der Waals surface area contributed by atoms with E-state index >= 15 is 0 Å². The van der Waals surface area contributed by atoms with E-state index in [2.05, 4.69) is 10.6 Å². The third-order valence-corrected chi connectivity index (χ3v) is 2.32. The van der Waals surface area contributed by atoms with Gasteiger partial charge in [0.2, 0.25) is 0 Å². The number of aliphatic hydroxyl groups excluding tert-OH is 1. The number of nitrogens with one attached hydrogen (secondary N) is 2. The summed E-state index contributed by atoms with van der Waals surface area (Å²) in [5.41, 5.74) is 0. The van der Waals surface area contributed by atoms with Gasteiger partial charge in [-0.15, -0.1) is 0 Å². The highest BCUT2D eigenvalue weighted by Crippen LogP contribution is 2.15. The van der Waals surface area contributed by atoms with Gasteiger partial charge in [0.25, 0.3) is 0 Å². The van der Waals surface area contributed by atoms with Crippen molar-refractivity contribution in [3.05, 3.63) is 23.7 Å². The van der Waals surface area contributed by atoms with Gasteiger partial charge in [-0.2, -0.15) is 0 Å². The fourth-order valence-corrected chi connectivity index (χ4v) is 1.34. The molecule has 1 rings (SSSR count). The first-order valence-corrected chi connectivity index (χ1v) is 5.41. The molecular formula is C11H16N2O5. The Labute approximate surface area is 104 Å². The maximum atomic E-state index is 11.5. The molecule has 1 aromatic rings. The second-order valence-corrected chi connectivity index (χ2v) is 3.86. The zero-order chi connectivity index (χ0) is 13.7. The van der Waals surface area contributed by atoms with E-state index in [1.807, 2.05) is 0 Å². The molecule has 0 aliphatic rings. The van der Waals surface area contributed by atoms with Crippen LogP contribution in [0.15, 0.2) is 16.5 Å². The highest BCUT2D eigenvalue weighted by Gasteiger charge is 2.20. The second-order valence-electron chi connectivity index (χ2n) is 3.86. The fourth-order valence-electron chi connectivity index (χ4n) is 1.34. The van der Waals surface area contributed by atoms with Gasteiger partial charge in [0.1, 0.15) is 11.5 Å². The molecule has 1 heterocycles. The minimum Gasteiger partial charge on any atom is -0.480 e. The number of hydrogen-bond donors (Lipinski definition) is 4. The number of aryl methyl sites for hydroxylation is 1. The molecule has 0 saturated heterocycles. The third-order valence-electron chi connectivity index (χ3n) is 2.32. The summed E-state index contributed by atoms with van der Waals surface area (Å²) in [6.45, 7) is 2.81. The average molecular weight is 256 g/mol.